The molecule has 0 aliphatic heterocycles. The Hall–Kier alpha value is -3.12. The minimum atomic E-state index is -0.198. The topological polar surface area (TPSA) is 73.6 Å². The van der Waals surface area contributed by atoms with E-state index in [1.165, 1.54) is 0 Å². The summed E-state index contributed by atoms with van der Waals surface area (Å²) in [6.07, 6.45) is 1.65. The Balaban J connectivity index is 1.89. The number of rotatable bonds is 7. The lowest BCUT2D eigenvalue weighted by atomic mass is 10.1. The molecule has 0 unspecified atom stereocenters. The van der Waals surface area contributed by atoms with Crippen molar-refractivity contribution in [3.8, 4) is 28.5 Å². The van der Waals surface area contributed by atoms with Crippen LogP contribution in [0, 0.1) is 0 Å². The van der Waals surface area contributed by atoms with Crippen LogP contribution in [-0.4, -0.2) is 37.8 Å². The number of nitrogens with zero attached hydrogens (tertiary/aromatic N) is 1. The summed E-state index contributed by atoms with van der Waals surface area (Å²) in [7, 11) is 3.22. The third-order valence-electron chi connectivity index (χ3n) is 4.06. The van der Waals surface area contributed by atoms with Gasteiger partial charge in [-0.1, -0.05) is 24.3 Å². The van der Waals surface area contributed by atoms with Crippen LogP contribution in [0.4, 0.5) is 0 Å². The zero-order chi connectivity index (χ0) is 19.2. The van der Waals surface area contributed by atoms with Gasteiger partial charge in [0.05, 0.1) is 25.5 Å². The summed E-state index contributed by atoms with van der Waals surface area (Å²) in [5.74, 6) is 1.53. The number of methoxy groups -OCH3 is 2. The summed E-state index contributed by atoms with van der Waals surface area (Å²) in [6.45, 7) is 2.32. The first kappa shape index (κ1) is 18.7. The van der Waals surface area contributed by atoms with Crippen molar-refractivity contribution in [3.63, 3.8) is 0 Å². The lowest BCUT2D eigenvalue weighted by molar-refractivity contribution is 0.0906. The zero-order valence-corrected chi connectivity index (χ0v) is 15.6. The number of carbonyl (C=O) groups excluding carboxylic acids is 1. The molecule has 0 aliphatic carbocycles. The molecular formula is C21H22N2O4. The predicted octanol–water partition coefficient (Wildman–Crippen LogP) is 3.78. The summed E-state index contributed by atoms with van der Waals surface area (Å²) >= 11 is 0. The fourth-order valence-electron chi connectivity index (χ4n) is 2.77. The monoisotopic (exact) mass is 366 g/mol. The Morgan fingerprint density at radius 1 is 1.19 bits per heavy atom. The summed E-state index contributed by atoms with van der Waals surface area (Å²) in [5.41, 5.74) is 1.98. The smallest absolute Gasteiger partial charge is 0.252 e. The van der Waals surface area contributed by atoms with Crippen LogP contribution in [0.15, 0.2) is 59.1 Å². The summed E-state index contributed by atoms with van der Waals surface area (Å²) in [5, 5.41) is 2.91. The van der Waals surface area contributed by atoms with Crippen LogP contribution in [0.1, 0.15) is 17.3 Å². The van der Waals surface area contributed by atoms with Crippen LogP contribution in [0.3, 0.4) is 0 Å². The Morgan fingerprint density at radius 3 is 2.78 bits per heavy atom. The van der Waals surface area contributed by atoms with Crippen LogP contribution in [-0.2, 0) is 4.74 Å². The maximum atomic E-state index is 12.6. The van der Waals surface area contributed by atoms with Gasteiger partial charge in [0.25, 0.3) is 5.91 Å². The number of ether oxygens (including phenoxy) is 2. The van der Waals surface area contributed by atoms with E-state index >= 15 is 0 Å². The summed E-state index contributed by atoms with van der Waals surface area (Å²) in [6, 6.07) is 14.7. The molecular weight excluding hydrogens is 344 g/mol. The van der Waals surface area contributed by atoms with Gasteiger partial charge in [-0.15, -0.1) is 0 Å². The molecule has 0 radical (unpaired) electrons. The molecule has 3 rings (SSSR count). The first-order chi connectivity index (χ1) is 13.1. The third kappa shape index (κ3) is 4.35. The number of hydrogen-bond donors (Lipinski definition) is 1. The van der Waals surface area contributed by atoms with Crippen molar-refractivity contribution in [2.75, 3.05) is 20.8 Å². The van der Waals surface area contributed by atoms with Gasteiger partial charge in [0.15, 0.2) is 5.76 Å². The number of carbonyl (C=O) groups is 1. The van der Waals surface area contributed by atoms with Gasteiger partial charge in [0.1, 0.15) is 5.75 Å². The van der Waals surface area contributed by atoms with Gasteiger partial charge in [-0.3, -0.25) is 4.79 Å². The zero-order valence-electron chi connectivity index (χ0n) is 15.6. The fraction of sp³-hybridized carbons (Fsp3) is 0.238. The molecule has 6 nitrogen and oxygen atoms in total. The van der Waals surface area contributed by atoms with Crippen LogP contribution in [0.25, 0.3) is 22.8 Å². The van der Waals surface area contributed by atoms with Crippen LogP contribution in [0.5, 0.6) is 5.75 Å². The summed E-state index contributed by atoms with van der Waals surface area (Å²) in [4.78, 5) is 17.0. The lowest BCUT2D eigenvalue weighted by Gasteiger charge is -2.14. The number of amides is 1. The highest BCUT2D eigenvalue weighted by atomic mass is 16.5. The molecule has 1 N–H and O–H groups in total. The highest BCUT2D eigenvalue weighted by molar-refractivity contribution is 6.00. The van der Waals surface area contributed by atoms with Crippen molar-refractivity contribution in [3.05, 3.63) is 60.3 Å². The van der Waals surface area contributed by atoms with Crippen molar-refractivity contribution in [2.45, 2.75) is 13.0 Å². The Bertz CT molecular complexity index is 920. The SMILES string of the molecule is COC[C@@H](C)NC(=O)c1ccccc1-c1ncc(-c2cccc(OC)c2)o1. The Kier molecular flexibility index (Phi) is 5.88. The van der Waals surface area contributed by atoms with E-state index in [0.717, 1.165) is 11.3 Å². The van der Waals surface area contributed by atoms with Crippen LogP contribution >= 0.6 is 0 Å². The normalized spacial score (nSPS) is 11.8. The van der Waals surface area contributed by atoms with Gasteiger partial charge < -0.3 is 19.2 Å². The maximum absolute atomic E-state index is 12.6. The van der Waals surface area contributed by atoms with Gasteiger partial charge in [-0.2, -0.15) is 0 Å². The molecule has 0 saturated carbocycles. The largest absolute Gasteiger partial charge is 0.497 e. The number of nitrogens with one attached hydrogen (secondary N) is 1. The van der Waals surface area contributed by atoms with Gasteiger partial charge in [0, 0.05) is 24.3 Å². The molecule has 0 saturated heterocycles. The third-order valence-corrected chi connectivity index (χ3v) is 4.06. The molecule has 0 bridgehead atoms. The van der Waals surface area contributed by atoms with Gasteiger partial charge >= 0.3 is 0 Å². The molecule has 1 amide bonds. The molecule has 0 fully saturated rings. The van der Waals surface area contributed by atoms with Crippen molar-refractivity contribution in [2.24, 2.45) is 0 Å². The standard InChI is InChI=1S/C21H22N2O4/c1-14(13-25-2)23-20(24)17-9-4-5-10-18(17)21-22-12-19(27-21)15-7-6-8-16(11-15)26-3/h4-12,14H,13H2,1-3H3,(H,23,24)/t14-/m1/s1. The second-order valence-corrected chi connectivity index (χ2v) is 6.14. The van der Waals surface area contributed by atoms with E-state index in [4.69, 9.17) is 13.9 Å². The lowest BCUT2D eigenvalue weighted by Crippen LogP contribution is -2.35. The molecule has 6 heteroatoms. The molecule has 140 valence electrons. The molecule has 1 heterocycles. The number of benzene rings is 2. The minimum Gasteiger partial charge on any atom is -0.497 e. The molecule has 1 atom stereocenters. The molecule has 27 heavy (non-hydrogen) atoms. The van der Waals surface area contributed by atoms with E-state index in [1.807, 2.05) is 49.4 Å². The van der Waals surface area contributed by atoms with Gasteiger partial charge in [-0.05, 0) is 31.2 Å². The first-order valence-corrected chi connectivity index (χ1v) is 8.62. The number of aromatic nitrogens is 1. The van der Waals surface area contributed by atoms with Crippen molar-refractivity contribution < 1.29 is 18.7 Å². The molecule has 1 aromatic heterocycles. The van der Waals surface area contributed by atoms with E-state index in [9.17, 15) is 4.79 Å². The number of oxazole rings is 1. The van der Waals surface area contributed by atoms with Crippen LogP contribution in [0.2, 0.25) is 0 Å². The molecule has 3 aromatic rings. The highest BCUT2D eigenvalue weighted by Crippen LogP contribution is 2.29. The maximum Gasteiger partial charge on any atom is 0.252 e. The first-order valence-electron chi connectivity index (χ1n) is 8.62. The average molecular weight is 366 g/mol. The fourth-order valence-corrected chi connectivity index (χ4v) is 2.77. The Labute approximate surface area is 158 Å². The van der Waals surface area contributed by atoms with E-state index in [-0.39, 0.29) is 11.9 Å². The summed E-state index contributed by atoms with van der Waals surface area (Å²) < 4.78 is 16.2. The van der Waals surface area contributed by atoms with Gasteiger partial charge in [0.2, 0.25) is 5.89 Å². The highest BCUT2D eigenvalue weighted by Gasteiger charge is 2.18. The minimum absolute atomic E-state index is 0.104. The second kappa shape index (κ2) is 8.51. The van der Waals surface area contributed by atoms with Crippen molar-refractivity contribution in [1.29, 1.82) is 0 Å². The van der Waals surface area contributed by atoms with E-state index in [1.54, 1.807) is 26.5 Å². The van der Waals surface area contributed by atoms with E-state index in [2.05, 4.69) is 10.3 Å². The molecule has 0 aliphatic rings. The Morgan fingerprint density at radius 2 is 2.00 bits per heavy atom. The van der Waals surface area contributed by atoms with Gasteiger partial charge in [-0.25, -0.2) is 4.98 Å². The number of hydrogen-bond acceptors (Lipinski definition) is 5. The van der Waals surface area contributed by atoms with E-state index in [0.29, 0.717) is 29.4 Å². The average Bonchev–Trinajstić information content (AvgIpc) is 3.18. The predicted molar refractivity (Wildman–Crippen MR) is 103 cm³/mol. The van der Waals surface area contributed by atoms with Crippen LogP contribution < -0.4 is 10.1 Å². The second-order valence-electron chi connectivity index (χ2n) is 6.14. The van der Waals surface area contributed by atoms with E-state index < -0.39 is 0 Å². The quantitative estimate of drug-likeness (QED) is 0.689. The van der Waals surface area contributed by atoms with Crippen molar-refractivity contribution >= 4 is 5.91 Å². The van der Waals surface area contributed by atoms with Crippen molar-refractivity contribution in [1.82, 2.24) is 10.3 Å². The molecule has 0 spiro atoms. The molecule has 2 aromatic carbocycles.